The molecule has 0 bridgehead atoms. The number of ether oxygens (including phenoxy) is 1. The number of hydrogen-bond acceptors (Lipinski definition) is 5. The zero-order chi connectivity index (χ0) is 24.7. The normalized spacial score (nSPS) is 19.2. The molecule has 0 unspecified atom stereocenters. The van der Waals surface area contributed by atoms with Gasteiger partial charge in [-0.2, -0.15) is 4.31 Å². The molecule has 2 aromatic carbocycles. The van der Waals surface area contributed by atoms with Gasteiger partial charge >= 0.3 is 0 Å². The largest absolute Gasteiger partial charge is 0.382 e. The van der Waals surface area contributed by atoms with Crippen LogP contribution in [0.2, 0.25) is 0 Å². The summed E-state index contributed by atoms with van der Waals surface area (Å²) in [5.41, 5.74) is 0.364. The number of nitrogens with zero attached hydrogens (tertiary/aromatic N) is 1. The number of piperidine rings is 1. The summed E-state index contributed by atoms with van der Waals surface area (Å²) in [4.78, 5) is 15.0. The number of carbonyl (C=O) groups is 1. The topological polar surface area (TPSA) is 75.7 Å². The molecule has 1 N–H and O–H groups in total. The second-order valence-corrected chi connectivity index (χ2v) is 12.8. The zero-order valence-corrected chi connectivity index (χ0v) is 23.1. The average Bonchev–Trinajstić information content (AvgIpc) is 2.80. The van der Waals surface area contributed by atoms with Gasteiger partial charge in [0, 0.05) is 47.1 Å². The Balaban J connectivity index is 1.89. The number of rotatable bonds is 10. The molecule has 0 spiro atoms. The van der Waals surface area contributed by atoms with E-state index in [-0.39, 0.29) is 10.8 Å². The lowest BCUT2D eigenvalue weighted by molar-refractivity contribution is 0.0941. The van der Waals surface area contributed by atoms with Gasteiger partial charge in [-0.3, -0.25) is 4.79 Å². The van der Waals surface area contributed by atoms with E-state index in [1.54, 1.807) is 16.4 Å². The molecule has 2 aromatic rings. The highest BCUT2D eigenvalue weighted by atomic mass is 79.9. The molecule has 9 heteroatoms. The van der Waals surface area contributed by atoms with E-state index in [9.17, 15) is 13.2 Å². The van der Waals surface area contributed by atoms with Crippen molar-refractivity contribution in [1.29, 1.82) is 0 Å². The molecular weight excluding hydrogens is 536 g/mol. The molecule has 1 heterocycles. The maximum atomic E-state index is 13.5. The van der Waals surface area contributed by atoms with Gasteiger partial charge in [-0.15, -0.1) is 0 Å². The summed E-state index contributed by atoms with van der Waals surface area (Å²) in [5, 5.41) is 2.92. The number of benzene rings is 2. The Labute approximate surface area is 216 Å². The first-order valence-electron chi connectivity index (χ1n) is 11.6. The predicted octanol–water partition coefficient (Wildman–Crippen LogP) is 5.42. The maximum absolute atomic E-state index is 13.5. The summed E-state index contributed by atoms with van der Waals surface area (Å²) in [6.45, 7) is 8.75. The fraction of sp³-hybridized carbons (Fsp3) is 0.480. The van der Waals surface area contributed by atoms with E-state index >= 15 is 0 Å². The summed E-state index contributed by atoms with van der Waals surface area (Å²) in [5.74, 6) is 0.325. The molecule has 1 amide bonds. The summed E-state index contributed by atoms with van der Waals surface area (Å²) >= 11 is 4.88. The van der Waals surface area contributed by atoms with Crippen LogP contribution in [0, 0.1) is 11.8 Å². The van der Waals surface area contributed by atoms with Crippen LogP contribution in [0.15, 0.2) is 61.6 Å². The van der Waals surface area contributed by atoms with E-state index in [1.807, 2.05) is 31.2 Å². The van der Waals surface area contributed by atoms with Crippen molar-refractivity contribution in [2.45, 2.75) is 48.3 Å². The third-order valence-corrected chi connectivity index (χ3v) is 9.11. The van der Waals surface area contributed by atoms with Crippen LogP contribution >= 0.6 is 27.7 Å². The summed E-state index contributed by atoms with van der Waals surface area (Å²) < 4.78 is 34.8. The number of halogens is 1. The minimum atomic E-state index is -3.69. The highest BCUT2D eigenvalue weighted by Gasteiger charge is 2.32. The summed E-state index contributed by atoms with van der Waals surface area (Å²) in [7, 11) is -3.69. The van der Waals surface area contributed by atoms with Crippen molar-refractivity contribution in [3.8, 4) is 0 Å². The second-order valence-electron chi connectivity index (χ2n) is 8.79. The monoisotopic (exact) mass is 568 g/mol. The summed E-state index contributed by atoms with van der Waals surface area (Å²) in [6, 6.07) is 12.7. The van der Waals surface area contributed by atoms with Crippen LogP contribution in [0.25, 0.3) is 0 Å². The first-order valence-corrected chi connectivity index (χ1v) is 14.7. The molecule has 1 saturated heterocycles. The molecule has 1 fully saturated rings. The molecule has 0 radical (unpaired) electrons. The van der Waals surface area contributed by atoms with Crippen molar-refractivity contribution in [3.05, 3.63) is 52.5 Å². The van der Waals surface area contributed by atoms with Crippen LogP contribution < -0.4 is 5.32 Å². The van der Waals surface area contributed by atoms with E-state index in [1.165, 1.54) is 17.8 Å². The van der Waals surface area contributed by atoms with Crippen molar-refractivity contribution in [2.24, 2.45) is 11.8 Å². The third kappa shape index (κ3) is 7.31. The Morgan fingerprint density at radius 2 is 1.82 bits per heavy atom. The van der Waals surface area contributed by atoms with Gasteiger partial charge in [0.2, 0.25) is 10.0 Å². The van der Waals surface area contributed by atoms with Crippen LogP contribution in [0.3, 0.4) is 0 Å². The van der Waals surface area contributed by atoms with Crippen LogP contribution in [0.4, 0.5) is 0 Å². The maximum Gasteiger partial charge on any atom is 0.252 e. The molecule has 0 aliphatic carbocycles. The van der Waals surface area contributed by atoms with Crippen LogP contribution in [0.1, 0.15) is 44.0 Å². The smallest absolute Gasteiger partial charge is 0.252 e. The Bertz CT molecular complexity index is 1070. The van der Waals surface area contributed by atoms with Crippen LogP contribution in [-0.2, 0) is 14.8 Å². The molecule has 1 aliphatic rings. The Kier molecular flexibility index (Phi) is 10.0. The van der Waals surface area contributed by atoms with Gasteiger partial charge in [-0.1, -0.05) is 41.5 Å². The number of sulfonamides is 1. The molecule has 1 aliphatic heterocycles. The van der Waals surface area contributed by atoms with Gasteiger partial charge in [0.15, 0.2) is 0 Å². The lowest BCUT2D eigenvalue weighted by Gasteiger charge is -2.34. The molecule has 2 atom stereocenters. The van der Waals surface area contributed by atoms with Gasteiger partial charge in [0.25, 0.3) is 5.91 Å². The fourth-order valence-corrected chi connectivity index (χ4v) is 7.03. The first kappa shape index (κ1) is 27.2. The molecule has 186 valence electrons. The predicted molar refractivity (Wildman–Crippen MR) is 140 cm³/mol. The van der Waals surface area contributed by atoms with Crippen molar-refractivity contribution in [2.75, 3.05) is 32.8 Å². The molecule has 6 nitrogen and oxygen atoms in total. The Morgan fingerprint density at radius 3 is 2.47 bits per heavy atom. The van der Waals surface area contributed by atoms with Crippen molar-refractivity contribution in [1.82, 2.24) is 9.62 Å². The number of nitrogens with one attached hydrogen (secondary N) is 1. The van der Waals surface area contributed by atoms with E-state index < -0.39 is 10.0 Å². The van der Waals surface area contributed by atoms with Crippen molar-refractivity contribution < 1.29 is 17.9 Å². The minimum absolute atomic E-state index is 0.161. The highest BCUT2D eigenvalue weighted by Crippen LogP contribution is 2.34. The first-order chi connectivity index (χ1) is 16.2. The zero-order valence-electron chi connectivity index (χ0n) is 19.9. The fourth-order valence-electron chi connectivity index (χ4n) is 4.13. The average molecular weight is 570 g/mol. The Hall–Kier alpha value is -1.39. The van der Waals surface area contributed by atoms with Crippen molar-refractivity contribution >= 4 is 43.6 Å². The number of carbonyl (C=O) groups excluding carboxylic acids is 1. The van der Waals surface area contributed by atoms with Crippen molar-refractivity contribution in [3.63, 3.8) is 0 Å². The minimum Gasteiger partial charge on any atom is -0.382 e. The van der Waals surface area contributed by atoms with Gasteiger partial charge in [-0.25, -0.2) is 8.42 Å². The molecule has 0 aromatic heterocycles. The van der Waals surface area contributed by atoms with Gasteiger partial charge in [-0.05, 0) is 74.1 Å². The standard InChI is InChI=1S/C25H33BrN2O4S2/c1-4-32-13-5-12-27-25(29)23-15-22(34(30,31)28-16-18(2)14-19(3)17-28)10-11-24(23)33-21-8-6-20(26)7-9-21/h6-11,15,18-19H,4-5,12-14,16-17H2,1-3H3,(H,27,29)/t18-,19-/m1/s1. The third-order valence-electron chi connectivity index (χ3n) is 5.67. The van der Waals surface area contributed by atoms with E-state index in [4.69, 9.17) is 4.74 Å². The van der Waals surface area contributed by atoms with Gasteiger partial charge in [0.1, 0.15) is 0 Å². The van der Waals surface area contributed by atoms with E-state index in [0.29, 0.717) is 61.6 Å². The van der Waals surface area contributed by atoms with Gasteiger partial charge < -0.3 is 10.1 Å². The second kappa shape index (κ2) is 12.5. The number of amides is 1. The summed E-state index contributed by atoms with van der Waals surface area (Å²) in [6.07, 6.45) is 1.71. The van der Waals surface area contributed by atoms with E-state index in [2.05, 4.69) is 35.1 Å². The van der Waals surface area contributed by atoms with Crippen LogP contribution in [-0.4, -0.2) is 51.5 Å². The quantitative estimate of drug-likeness (QED) is 0.387. The molecular formula is C25H33BrN2O4S2. The van der Waals surface area contributed by atoms with Gasteiger partial charge in [0.05, 0.1) is 10.5 Å². The van der Waals surface area contributed by atoms with Crippen LogP contribution in [0.5, 0.6) is 0 Å². The SMILES string of the molecule is CCOCCCNC(=O)c1cc(S(=O)(=O)N2C[C@H](C)C[C@@H](C)C2)ccc1Sc1ccc(Br)cc1. The highest BCUT2D eigenvalue weighted by molar-refractivity contribution is 9.10. The Morgan fingerprint density at radius 1 is 1.15 bits per heavy atom. The molecule has 34 heavy (non-hydrogen) atoms. The van der Waals surface area contributed by atoms with E-state index in [0.717, 1.165) is 15.8 Å². The molecule has 0 saturated carbocycles. The number of hydrogen-bond donors (Lipinski definition) is 1. The lowest BCUT2D eigenvalue weighted by atomic mass is 9.94. The molecule has 3 rings (SSSR count). The lowest BCUT2D eigenvalue weighted by Crippen LogP contribution is -2.42.